The summed E-state index contributed by atoms with van der Waals surface area (Å²) >= 11 is 0. The van der Waals surface area contributed by atoms with Crippen LogP contribution in [0.4, 0.5) is 0 Å². The molecule has 0 radical (unpaired) electrons. The molecule has 3 heterocycles. The van der Waals surface area contributed by atoms with E-state index in [2.05, 4.69) is 25.4 Å². The number of morpholine rings is 1. The van der Waals surface area contributed by atoms with Crippen molar-refractivity contribution in [2.75, 3.05) is 33.4 Å². The Hall–Kier alpha value is -2.78. The van der Waals surface area contributed by atoms with Gasteiger partial charge < -0.3 is 14.5 Å². The van der Waals surface area contributed by atoms with E-state index < -0.39 is 0 Å². The van der Waals surface area contributed by atoms with Crippen LogP contribution in [0.3, 0.4) is 0 Å². The number of hydrogen-bond acceptors (Lipinski definition) is 7. The molecular formula is C22H28N6O3. The van der Waals surface area contributed by atoms with E-state index >= 15 is 0 Å². The molecule has 2 aromatic heterocycles. The fourth-order valence-electron chi connectivity index (χ4n) is 4.83. The minimum atomic E-state index is -0.323. The van der Waals surface area contributed by atoms with Gasteiger partial charge in [0.1, 0.15) is 11.8 Å². The smallest absolute Gasteiger partial charge is 0.253 e. The third kappa shape index (κ3) is 3.95. The van der Waals surface area contributed by atoms with Crippen molar-refractivity contribution in [1.29, 1.82) is 0 Å². The Kier molecular flexibility index (Phi) is 5.69. The molecule has 5 rings (SSSR count). The normalized spacial score (nSPS) is 19.5. The van der Waals surface area contributed by atoms with Crippen LogP contribution in [0.5, 0.6) is 5.75 Å². The molecule has 2 aliphatic rings. The number of methoxy groups -OCH3 is 1. The first-order chi connectivity index (χ1) is 15.2. The van der Waals surface area contributed by atoms with Crippen LogP contribution in [0, 0.1) is 0 Å². The monoisotopic (exact) mass is 424 g/mol. The predicted octanol–water partition coefficient (Wildman–Crippen LogP) is 2.45. The number of tetrazole rings is 1. The van der Waals surface area contributed by atoms with Crippen LogP contribution in [-0.4, -0.2) is 63.5 Å². The molecule has 1 aromatic carbocycles. The maximum absolute atomic E-state index is 13.3. The van der Waals surface area contributed by atoms with E-state index in [0.717, 1.165) is 42.7 Å². The van der Waals surface area contributed by atoms with Gasteiger partial charge in [-0.3, -0.25) is 9.69 Å². The zero-order chi connectivity index (χ0) is 21.2. The Balaban J connectivity index is 1.62. The number of hydrogen-bond donors (Lipinski definition) is 1. The Morgan fingerprint density at radius 1 is 1.16 bits per heavy atom. The summed E-state index contributed by atoms with van der Waals surface area (Å²) in [5.74, 6) is 1.45. The molecule has 1 saturated heterocycles. The van der Waals surface area contributed by atoms with Crippen molar-refractivity contribution in [3.05, 3.63) is 46.0 Å². The summed E-state index contributed by atoms with van der Waals surface area (Å²) < 4.78 is 12.8. The molecule has 1 N–H and O–H groups in total. The fraction of sp³-hybridized carbons (Fsp3) is 0.545. The summed E-state index contributed by atoms with van der Waals surface area (Å²) in [5.41, 5.74) is 1.28. The number of aromatic amines is 1. The van der Waals surface area contributed by atoms with Crippen molar-refractivity contribution in [1.82, 2.24) is 30.1 Å². The molecule has 1 saturated carbocycles. The quantitative estimate of drug-likeness (QED) is 0.672. The van der Waals surface area contributed by atoms with Gasteiger partial charge in [-0.15, -0.1) is 5.10 Å². The molecule has 9 heteroatoms. The molecule has 3 aromatic rings. The van der Waals surface area contributed by atoms with Gasteiger partial charge in [0.25, 0.3) is 5.56 Å². The first-order valence-corrected chi connectivity index (χ1v) is 11.0. The summed E-state index contributed by atoms with van der Waals surface area (Å²) in [6.07, 6.45) is 5.77. The first-order valence-electron chi connectivity index (χ1n) is 11.0. The van der Waals surface area contributed by atoms with Crippen molar-refractivity contribution in [3.8, 4) is 5.75 Å². The van der Waals surface area contributed by atoms with E-state index in [-0.39, 0.29) is 17.6 Å². The van der Waals surface area contributed by atoms with Gasteiger partial charge in [0.2, 0.25) is 0 Å². The molecular weight excluding hydrogens is 396 g/mol. The highest BCUT2D eigenvalue weighted by Crippen LogP contribution is 2.33. The molecule has 1 aliphatic heterocycles. The molecule has 0 spiro atoms. The van der Waals surface area contributed by atoms with Crippen LogP contribution >= 0.6 is 0 Å². The minimum Gasteiger partial charge on any atom is -0.497 e. The zero-order valence-electron chi connectivity index (χ0n) is 17.8. The number of nitrogens with one attached hydrogen (secondary N) is 1. The number of aromatic nitrogens is 5. The lowest BCUT2D eigenvalue weighted by atomic mass is 9.95. The highest BCUT2D eigenvalue weighted by atomic mass is 16.5. The van der Waals surface area contributed by atoms with Crippen LogP contribution in [-0.2, 0) is 4.74 Å². The van der Waals surface area contributed by atoms with Gasteiger partial charge >= 0.3 is 0 Å². The number of fused-ring (bicyclic) bond motifs is 1. The number of ether oxygens (including phenoxy) is 2. The van der Waals surface area contributed by atoms with Gasteiger partial charge in [0.15, 0.2) is 5.82 Å². The molecule has 0 unspecified atom stereocenters. The van der Waals surface area contributed by atoms with Gasteiger partial charge in [-0.2, -0.15) is 0 Å². The highest BCUT2D eigenvalue weighted by molar-refractivity contribution is 5.80. The Labute approximate surface area is 180 Å². The standard InChI is InChI=1S/C22H28N6O3/c1-30-17-8-7-15-13-18(22(29)23-19(15)14-17)20(27-9-11-31-12-10-27)21-24-25-26-28(21)16-5-3-2-4-6-16/h7-8,13-14,16,20H,2-6,9-12H2,1H3,(H,23,29)/t20-/m0/s1. The van der Waals surface area contributed by atoms with E-state index in [1.807, 2.05) is 28.9 Å². The molecule has 31 heavy (non-hydrogen) atoms. The lowest BCUT2D eigenvalue weighted by Crippen LogP contribution is -2.42. The molecule has 2 fully saturated rings. The second-order valence-corrected chi connectivity index (χ2v) is 8.33. The summed E-state index contributed by atoms with van der Waals surface area (Å²) in [4.78, 5) is 18.6. The Morgan fingerprint density at radius 3 is 2.74 bits per heavy atom. The second kappa shape index (κ2) is 8.76. The van der Waals surface area contributed by atoms with Crippen LogP contribution in [0.15, 0.2) is 29.1 Å². The fourth-order valence-corrected chi connectivity index (χ4v) is 4.83. The number of nitrogens with zero attached hydrogens (tertiary/aromatic N) is 5. The molecule has 9 nitrogen and oxygen atoms in total. The first kappa shape index (κ1) is 20.1. The molecule has 0 amide bonds. The van der Waals surface area contributed by atoms with Crippen molar-refractivity contribution in [3.63, 3.8) is 0 Å². The van der Waals surface area contributed by atoms with Gasteiger partial charge in [0, 0.05) is 24.7 Å². The van der Waals surface area contributed by atoms with Gasteiger partial charge in [-0.25, -0.2) is 4.68 Å². The van der Waals surface area contributed by atoms with Crippen molar-refractivity contribution >= 4 is 10.9 Å². The highest BCUT2D eigenvalue weighted by Gasteiger charge is 2.33. The molecule has 0 bridgehead atoms. The summed E-state index contributed by atoms with van der Waals surface area (Å²) in [5, 5.41) is 13.8. The van der Waals surface area contributed by atoms with Crippen molar-refractivity contribution in [2.45, 2.75) is 44.2 Å². The number of rotatable bonds is 5. The van der Waals surface area contributed by atoms with E-state index in [1.54, 1.807) is 7.11 Å². The van der Waals surface area contributed by atoms with Crippen LogP contribution in [0.2, 0.25) is 0 Å². The van der Waals surface area contributed by atoms with Gasteiger partial charge in [-0.1, -0.05) is 19.3 Å². The van der Waals surface area contributed by atoms with E-state index in [9.17, 15) is 4.79 Å². The molecule has 1 atom stereocenters. The largest absolute Gasteiger partial charge is 0.497 e. The molecule has 164 valence electrons. The van der Waals surface area contributed by atoms with E-state index in [4.69, 9.17) is 9.47 Å². The van der Waals surface area contributed by atoms with Crippen LogP contribution in [0.25, 0.3) is 10.9 Å². The van der Waals surface area contributed by atoms with Crippen molar-refractivity contribution in [2.24, 2.45) is 0 Å². The van der Waals surface area contributed by atoms with Gasteiger partial charge in [-0.05, 0) is 46.9 Å². The third-order valence-corrected chi connectivity index (χ3v) is 6.47. The SMILES string of the molecule is COc1ccc2cc([C@@H](c3nnnn3C3CCCCC3)N3CCOCC3)c(=O)[nH]c2c1. The second-order valence-electron chi connectivity index (χ2n) is 8.33. The maximum Gasteiger partial charge on any atom is 0.253 e. The van der Waals surface area contributed by atoms with Gasteiger partial charge in [0.05, 0.1) is 31.9 Å². The summed E-state index contributed by atoms with van der Waals surface area (Å²) in [6.45, 7) is 2.71. The van der Waals surface area contributed by atoms with Crippen LogP contribution < -0.4 is 10.3 Å². The topological polar surface area (TPSA) is 98.2 Å². The lowest BCUT2D eigenvalue weighted by Gasteiger charge is -2.34. The summed E-state index contributed by atoms with van der Waals surface area (Å²) in [6, 6.07) is 7.64. The lowest BCUT2D eigenvalue weighted by molar-refractivity contribution is 0.0209. The number of benzene rings is 1. The minimum absolute atomic E-state index is 0.129. The zero-order valence-corrected chi connectivity index (χ0v) is 17.8. The Bertz CT molecular complexity index is 1100. The molecule has 1 aliphatic carbocycles. The number of pyridine rings is 1. The summed E-state index contributed by atoms with van der Waals surface area (Å²) in [7, 11) is 1.62. The third-order valence-electron chi connectivity index (χ3n) is 6.47. The van der Waals surface area contributed by atoms with Crippen molar-refractivity contribution < 1.29 is 9.47 Å². The maximum atomic E-state index is 13.3. The van der Waals surface area contributed by atoms with Crippen LogP contribution in [0.1, 0.15) is 55.6 Å². The van der Waals surface area contributed by atoms with E-state index in [1.165, 1.54) is 19.3 Å². The Morgan fingerprint density at radius 2 is 1.97 bits per heavy atom. The number of H-pyrrole nitrogens is 1. The average molecular weight is 425 g/mol. The predicted molar refractivity (Wildman–Crippen MR) is 115 cm³/mol. The van der Waals surface area contributed by atoms with E-state index in [0.29, 0.717) is 24.5 Å². The average Bonchev–Trinajstić information content (AvgIpc) is 3.30.